The maximum absolute atomic E-state index is 5.97. The lowest BCUT2D eigenvalue weighted by molar-refractivity contribution is 0.408. The highest BCUT2D eigenvalue weighted by atomic mass is 35.5. The van der Waals surface area contributed by atoms with Gasteiger partial charge in [-0.05, 0) is 18.2 Å². The SMILES string of the molecule is COc1ccc(Cl)cc1Cn1cnc(CN)c1. The summed E-state index contributed by atoms with van der Waals surface area (Å²) in [6.45, 7) is 1.11. The van der Waals surface area contributed by atoms with Crippen LogP contribution in [0.3, 0.4) is 0 Å². The molecule has 0 atom stereocenters. The standard InChI is InChI=1S/C12H14ClN3O/c1-17-12-3-2-10(13)4-9(12)6-16-7-11(5-14)15-8-16/h2-4,7-8H,5-6,14H2,1H3. The van der Waals surface area contributed by atoms with Crippen molar-refractivity contribution in [3.05, 3.63) is 47.0 Å². The number of ether oxygens (including phenoxy) is 1. The fourth-order valence-corrected chi connectivity index (χ4v) is 1.86. The van der Waals surface area contributed by atoms with Gasteiger partial charge in [0, 0.05) is 23.3 Å². The Morgan fingerprint density at radius 3 is 2.94 bits per heavy atom. The Bertz CT molecular complexity index is 510. The lowest BCUT2D eigenvalue weighted by Crippen LogP contribution is -2.00. The number of nitrogens with two attached hydrogens (primary N) is 1. The number of aromatic nitrogens is 2. The number of hydrogen-bond donors (Lipinski definition) is 1. The first kappa shape index (κ1) is 12.0. The Labute approximate surface area is 105 Å². The molecule has 1 aromatic heterocycles. The molecule has 2 rings (SSSR count). The third-order valence-corrected chi connectivity index (χ3v) is 2.73. The van der Waals surface area contributed by atoms with Gasteiger partial charge in [0.15, 0.2) is 0 Å². The minimum Gasteiger partial charge on any atom is -0.496 e. The highest BCUT2D eigenvalue weighted by Gasteiger charge is 2.05. The van der Waals surface area contributed by atoms with Crippen molar-refractivity contribution < 1.29 is 4.74 Å². The summed E-state index contributed by atoms with van der Waals surface area (Å²) >= 11 is 5.97. The number of imidazole rings is 1. The first-order chi connectivity index (χ1) is 8.22. The predicted molar refractivity (Wildman–Crippen MR) is 67.2 cm³/mol. The lowest BCUT2D eigenvalue weighted by atomic mass is 10.2. The molecule has 0 fully saturated rings. The molecule has 1 heterocycles. The summed E-state index contributed by atoms with van der Waals surface area (Å²) in [5.41, 5.74) is 7.40. The minimum absolute atomic E-state index is 0.444. The van der Waals surface area contributed by atoms with E-state index >= 15 is 0 Å². The molecule has 5 heteroatoms. The van der Waals surface area contributed by atoms with Gasteiger partial charge in [0.2, 0.25) is 0 Å². The summed E-state index contributed by atoms with van der Waals surface area (Å²) < 4.78 is 7.24. The number of benzene rings is 1. The van der Waals surface area contributed by atoms with Crippen molar-refractivity contribution in [2.75, 3.05) is 7.11 Å². The number of rotatable bonds is 4. The molecule has 0 saturated carbocycles. The maximum atomic E-state index is 5.97. The third-order valence-electron chi connectivity index (χ3n) is 2.49. The molecule has 0 aliphatic rings. The Morgan fingerprint density at radius 1 is 1.47 bits per heavy atom. The van der Waals surface area contributed by atoms with Gasteiger partial charge in [-0.3, -0.25) is 0 Å². The molecule has 2 N–H and O–H groups in total. The molecular formula is C12H14ClN3O. The Morgan fingerprint density at radius 2 is 2.29 bits per heavy atom. The molecule has 0 unspecified atom stereocenters. The van der Waals surface area contributed by atoms with Crippen molar-refractivity contribution >= 4 is 11.6 Å². The van der Waals surface area contributed by atoms with Crippen LogP contribution in [0.5, 0.6) is 5.75 Å². The van der Waals surface area contributed by atoms with Crippen LogP contribution in [0.15, 0.2) is 30.7 Å². The van der Waals surface area contributed by atoms with Crippen molar-refractivity contribution in [2.24, 2.45) is 5.73 Å². The number of halogens is 1. The van der Waals surface area contributed by atoms with Gasteiger partial charge in [0.1, 0.15) is 5.75 Å². The zero-order valence-corrected chi connectivity index (χ0v) is 10.3. The second kappa shape index (κ2) is 5.21. The summed E-state index contributed by atoms with van der Waals surface area (Å²) in [5, 5.41) is 0.694. The maximum Gasteiger partial charge on any atom is 0.123 e. The van der Waals surface area contributed by atoms with Crippen LogP contribution in [-0.2, 0) is 13.1 Å². The Balaban J connectivity index is 2.25. The molecule has 0 bridgehead atoms. The van der Waals surface area contributed by atoms with Gasteiger partial charge in [0.05, 0.1) is 25.7 Å². The Hall–Kier alpha value is -1.52. The predicted octanol–water partition coefficient (Wildman–Crippen LogP) is 2.05. The fourth-order valence-electron chi connectivity index (χ4n) is 1.67. The van der Waals surface area contributed by atoms with Gasteiger partial charge in [-0.1, -0.05) is 11.6 Å². The van der Waals surface area contributed by atoms with Gasteiger partial charge >= 0.3 is 0 Å². The second-order valence-electron chi connectivity index (χ2n) is 3.70. The quantitative estimate of drug-likeness (QED) is 0.905. The molecule has 4 nitrogen and oxygen atoms in total. The third kappa shape index (κ3) is 2.78. The van der Waals surface area contributed by atoms with Gasteiger partial charge in [0.25, 0.3) is 0 Å². The van der Waals surface area contributed by atoms with E-state index in [1.165, 1.54) is 0 Å². The fraction of sp³-hybridized carbons (Fsp3) is 0.250. The smallest absolute Gasteiger partial charge is 0.123 e. The molecular weight excluding hydrogens is 238 g/mol. The topological polar surface area (TPSA) is 53.1 Å². The first-order valence-electron chi connectivity index (χ1n) is 5.26. The molecule has 0 saturated heterocycles. The van der Waals surface area contributed by atoms with Crippen LogP contribution in [0.1, 0.15) is 11.3 Å². The van der Waals surface area contributed by atoms with E-state index in [-0.39, 0.29) is 0 Å². The number of methoxy groups -OCH3 is 1. The van der Waals surface area contributed by atoms with E-state index in [4.69, 9.17) is 22.1 Å². The molecule has 90 valence electrons. The number of nitrogens with zero attached hydrogens (tertiary/aromatic N) is 2. The van der Waals surface area contributed by atoms with Crippen molar-refractivity contribution in [2.45, 2.75) is 13.1 Å². The van der Waals surface area contributed by atoms with Crippen LogP contribution in [-0.4, -0.2) is 16.7 Å². The van der Waals surface area contributed by atoms with Crippen LogP contribution < -0.4 is 10.5 Å². The molecule has 0 radical (unpaired) electrons. The van der Waals surface area contributed by atoms with Crippen LogP contribution >= 0.6 is 11.6 Å². The van der Waals surface area contributed by atoms with Gasteiger partial charge < -0.3 is 15.0 Å². The van der Waals surface area contributed by atoms with Gasteiger partial charge in [-0.2, -0.15) is 0 Å². The van der Waals surface area contributed by atoms with Crippen molar-refractivity contribution in [1.82, 2.24) is 9.55 Å². The van der Waals surface area contributed by atoms with E-state index in [9.17, 15) is 0 Å². The molecule has 0 aliphatic heterocycles. The Kier molecular flexibility index (Phi) is 3.66. The van der Waals surface area contributed by atoms with Crippen LogP contribution in [0.4, 0.5) is 0 Å². The highest BCUT2D eigenvalue weighted by molar-refractivity contribution is 6.30. The lowest BCUT2D eigenvalue weighted by Gasteiger charge is -2.09. The summed E-state index contributed by atoms with van der Waals surface area (Å²) in [5.74, 6) is 0.817. The van der Waals surface area contributed by atoms with E-state index in [2.05, 4.69) is 4.98 Å². The normalized spacial score (nSPS) is 10.5. The first-order valence-corrected chi connectivity index (χ1v) is 5.64. The zero-order valence-electron chi connectivity index (χ0n) is 9.56. The second-order valence-corrected chi connectivity index (χ2v) is 4.13. The highest BCUT2D eigenvalue weighted by Crippen LogP contribution is 2.23. The van der Waals surface area contributed by atoms with E-state index in [0.29, 0.717) is 18.1 Å². The van der Waals surface area contributed by atoms with Crippen molar-refractivity contribution in [3.8, 4) is 5.75 Å². The largest absolute Gasteiger partial charge is 0.496 e. The molecule has 17 heavy (non-hydrogen) atoms. The van der Waals surface area contributed by atoms with Crippen molar-refractivity contribution in [3.63, 3.8) is 0 Å². The average molecular weight is 252 g/mol. The summed E-state index contributed by atoms with van der Waals surface area (Å²) in [4.78, 5) is 4.17. The zero-order chi connectivity index (χ0) is 12.3. The molecule has 1 aromatic carbocycles. The van der Waals surface area contributed by atoms with E-state index in [1.54, 1.807) is 13.4 Å². The van der Waals surface area contributed by atoms with Crippen LogP contribution in [0, 0.1) is 0 Å². The summed E-state index contributed by atoms with van der Waals surface area (Å²) in [6, 6.07) is 5.56. The van der Waals surface area contributed by atoms with Crippen molar-refractivity contribution in [1.29, 1.82) is 0 Å². The molecule has 0 amide bonds. The molecule has 2 aromatic rings. The van der Waals surface area contributed by atoms with Crippen LogP contribution in [0.2, 0.25) is 5.02 Å². The number of hydrogen-bond acceptors (Lipinski definition) is 3. The van der Waals surface area contributed by atoms with E-state index in [1.807, 2.05) is 29.0 Å². The minimum atomic E-state index is 0.444. The molecule has 0 aliphatic carbocycles. The monoisotopic (exact) mass is 251 g/mol. The van der Waals surface area contributed by atoms with Crippen LogP contribution in [0.25, 0.3) is 0 Å². The van der Waals surface area contributed by atoms with Gasteiger partial charge in [-0.25, -0.2) is 4.98 Å². The summed E-state index contributed by atoms with van der Waals surface area (Å²) in [6.07, 6.45) is 3.67. The molecule has 0 spiro atoms. The van der Waals surface area contributed by atoms with Gasteiger partial charge in [-0.15, -0.1) is 0 Å². The summed E-state index contributed by atoms with van der Waals surface area (Å²) in [7, 11) is 1.64. The van der Waals surface area contributed by atoms with E-state index < -0.39 is 0 Å². The van der Waals surface area contributed by atoms with E-state index in [0.717, 1.165) is 17.0 Å². The average Bonchev–Trinajstić information content (AvgIpc) is 2.77.